The molecule has 0 unspecified atom stereocenters. The van der Waals surface area contributed by atoms with Crippen LogP contribution in [0.2, 0.25) is 0 Å². The molecule has 3 rings (SSSR count). The summed E-state index contributed by atoms with van der Waals surface area (Å²) in [5.41, 5.74) is 1.14. The van der Waals surface area contributed by atoms with Crippen molar-refractivity contribution in [2.24, 2.45) is 0 Å². The molecule has 0 N–H and O–H groups in total. The number of benzene rings is 1. The van der Waals surface area contributed by atoms with Crippen molar-refractivity contribution in [2.45, 2.75) is 0 Å². The normalized spacial score (nSPS) is 9.95. The first-order chi connectivity index (χ1) is 9.85. The Balaban J connectivity index is 1.88. The van der Waals surface area contributed by atoms with Crippen LogP contribution in [0.1, 0.15) is 5.69 Å². The molecule has 0 radical (unpaired) electrons. The molecule has 1 aromatic carbocycles. The molecule has 6 nitrogen and oxygen atoms in total. The van der Waals surface area contributed by atoms with Gasteiger partial charge in [-0.05, 0) is 18.2 Å². The molecular weight excluding hydrogens is 254 g/mol. The SMILES string of the molecule is N#Cc1cccc(Oc2cccc(-n3cncn3)c2)n1. The van der Waals surface area contributed by atoms with E-state index in [4.69, 9.17) is 10.00 Å². The minimum Gasteiger partial charge on any atom is -0.439 e. The van der Waals surface area contributed by atoms with E-state index in [1.54, 1.807) is 35.3 Å². The van der Waals surface area contributed by atoms with Gasteiger partial charge in [-0.2, -0.15) is 10.4 Å². The van der Waals surface area contributed by atoms with Crippen molar-refractivity contribution in [3.8, 4) is 23.4 Å². The number of ether oxygens (including phenoxy) is 1. The molecule has 20 heavy (non-hydrogen) atoms. The molecule has 6 heteroatoms. The Morgan fingerprint density at radius 3 is 2.85 bits per heavy atom. The summed E-state index contributed by atoms with van der Waals surface area (Å²) in [6.07, 6.45) is 3.07. The van der Waals surface area contributed by atoms with Gasteiger partial charge in [0.05, 0.1) is 5.69 Å². The maximum Gasteiger partial charge on any atom is 0.220 e. The van der Waals surface area contributed by atoms with Gasteiger partial charge in [-0.15, -0.1) is 0 Å². The van der Waals surface area contributed by atoms with Gasteiger partial charge in [0, 0.05) is 12.1 Å². The summed E-state index contributed by atoms with van der Waals surface area (Å²) in [5, 5.41) is 12.9. The smallest absolute Gasteiger partial charge is 0.220 e. The summed E-state index contributed by atoms with van der Waals surface area (Å²) in [5.74, 6) is 0.986. The van der Waals surface area contributed by atoms with Crippen LogP contribution in [0.5, 0.6) is 11.6 Å². The van der Waals surface area contributed by atoms with E-state index < -0.39 is 0 Å². The van der Waals surface area contributed by atoms with E-state index in [1.165, 1.54) is 6.33 Å². The van der Waals surface area contributed by atoms with E-state index in [-0.39, 0.29) is 0 Å². The van der Waals surface area contributed by atoms with Crippen LogP contribution in [0.15, 0.2) is 55.1 Å². The molecule has 0 aliphatic heterocycles. The lowest BCUT2D eigenvalue weighted by Crippen LogP contribution is -1.95. The second-order valence-corrected chi connectivity index (χ2v) is 3.91. The number of aromatic nitrogens is 4. The molecule has 0 atom stereocenters. The number of nitriles is 1. The molecule has 0 amide bonds. The number of hydrogen-bond donors (Lipinski definition) is 0. The summed E-state index contributed by atoms with van der Waals surface area (Å²) in [4.78, 5) is 7.96. The first-order valence-electron chi connectivity index (χ1n) is 5.85. The maximum atomic E-state index is 8.81. The Hall–Kier alpha value is -3.20. The van der Waals surface area contributed by atoms with Crippen molar-refractivity contribution in [1.29, 1.82) is 5.26 Å². The van der Waals surface area contributed by atoms with Crippen molar-refractivity contribution in [2.75, 3.05) is 0 Å². The lowest BCUT2D eigenvalue weighted by Gasteiger charge is -2.06. The number of hydrogen-bond acceptors (Lipinski definition) is 5. The van der Waals surface area contributed by atoms with Crippen molar-refractivity contribution >= 4 is 0 Å². The Bertz CT molecular complexity index is 761. The van der Waals surface area contributed by atoms with Crippen molar-refractivity contribution in [3.05, 3.63) is 60.8 Å². The Morgan fingerprint density at radius 2 is 2.05 bits per heavy atom. The van der Waals surface area contributed by atoms with Crippen molar-refractivity contribution in [1.82, 2.24) is 19.7 Å². The fraction of sp³-hybridized carbons (Fsp3) is 0. The number of pyridine rings is 1. The lowest BCUT2D eigenvalue weighted by molar-refractivity contribution is 0.462. The molecule has 0 saturated heterocycles. The summed E-state index contributed by atoms with van der Waals surface area (Å²) >= 11 is 0. The van der Waals surface area contributed by atoms with Crippen LogP contribution in [0.4, 0.5) is 0 Å². The predicted molar refractivity (Wildman–Crippen MR) is 70.4 cm³/mol. The first-order valence-corrected chi connectivity index (χ1v) is 5.85. The number of nitrogens with zero attached hydrogens (tertiary/aromatic N) is 5. The largest absolute Gasteiger partial charge is 0.439 e. The van der Waals surface area contributed by atoms with Gasteiger partial charge in [-0.25, -0.2) is 14.6 Å². The average Bonchev–Trinajstić information content (AvgIpc) is 3.02. The Kier molecular flexibility index (Phi) is 3.08. The molecule has 2 aromatic heterocycles. The van der Waals surface area contributed by atoms with Crippen LogP contribution in [0.25, 0.3) is 5.69 Å². The zero-order valence-electron chi connectivity index (χ0n) is 10.3. The second-order valence-electron chi connectivity index (χ2n) is 3.91. The van der Waals surface area contributed by atoms with Crippen LogP contribution in [-0.4, -0.2) is 19.7 Å². The molecule has 0 aliphatic carbocycles. The van der Waals surface area contributed by atoms with Crippen LogP contribution < -0.4 is 4.74 Å². The molecule has 96 valence electrons. The van der Waals surface area contributed by atoms with E-state index in [1.807, 2.05) is 24.3 Å². The van der Waals surface area contributed by atoms with Crippen LogP contribution in [0.3, 0.4) is 0 Å². The van der Waals surface area contributed by atoms with E-state index in [0.29, 0.717) is 17.3 Å². The van der Waals surface area contributed by atoms with Gasteiger partial charge in [0.2, 0.25) is 5.88 Å². The molecule has 2 heterocycles. The van der Waals surface area contributed by atoms with Gasteiger partial charge in [-0.3, -0.25) is 0 Å². The highest BCUT2D eigenvalue weighted by atomic mass is 16.5. The van der Waals surface area contributed by atoms with Crippen molar-refractivity contribution < 1.29 is 4.74 Å². The summed E-state index contributed by atoms with van der Waals surface area (Å²) in [6, 6.07) is 14.4. The summed E-state index contributed by atoms with van der Waals surface area (Å²) < 4.78 is 7.27. The van der Waals surface area contributed by atoms with Gasteiger partial charge in [0.1, 0.15) is 30.2 Å². The molecule has 0 saturated carbocycles. The van der Waals surface area contributed by atoms with Crippen LogP contribution >= 0.6 is 0 Å². The van der Waals surface area contributed by atoms with Gasteiger partial charge in [0.15, 0.2) is 0 Å². The zero-order valence-corrected chi connectivity index (χ0v) is 10.3. The van der Waals surface area contributed by atoms with Crippen molar-refractivity contribution in [3.63, 3.8) is 0 Å². The standard InChI is InChI=1S/C14H9N5O/c15-8-11-3-1-6-14(18-11)20-13-5-2-4-12(7-13)19-10-16-9-17-19/h1-7,9-10H. The van der Waals surface area contributed by atoms with E-state index >= 15 is 0 Å². The van der Waals surface area contributed by atoms with Gasteiger partial charge in [0.25, 0.3) is 0 Å². The molecule has 0 bridgehead atoms. The fourth-order valence-electron chi connectivity index (χ4n) is 1.69. The monoisotopic (exact) mass is 263 g/mol. The first kappa shape index (κ1) is 11.9. The highest BCUT2D eigenvalue weighted by molar-refractivity contribution is 5.40. The minimum atomic E-state index is 0.315. The Labute approximate surface area is 114 Å². The molecular formula is C14H9N5O. The third kappa shape index (κ3) is 2.47. The minimum absolute atomic E-state index is 0.315. The highest BCUT2D eigenvalue weighted by Crippen LogP contribution is 2.21. The third-order valence-electron chi connectivity index (χ3n) is 2.56. The van der Waals surface area contributed by atoms with E-state index in [0.717, 1.165) is 5.69 Å². The summed E-state index contributed by atoms with van der Waals surface area (Å²) in [6.45, 7) is 0. The predicted octanol–water partition coefficient (Wildman–Crippen LogP) is 2.33. The lowest BCUT2D eigenvalue weighted by atomic mass is 10.3. The fourth-order valence-corrected chi connectivity index (χ4v) is 1.69. The maximum absolute atomic E-state index is 8.81. The zero-order chi connectivity index (χ0) is 13.8. The highest BCUT2D eigenvalue weighted by Gasteiger charge is 2.03. The molecule has 0 spiro atoms. The second kappa shape index (κ2) is 5.20. The number of rotatable bonds is 3. The van der Waals surface area contributed by atoms with Gasteiger partial charge >= 0.3 is 0 Å². The van der Waals surface area contributed by atoms with Gasteiger partial charge < -0.3 is 4.74 Å². The van der Waals surface area contributed by atoms with Gasteiger partial charge in [-0.1, -0.05) is 12.1 Å². The van der Waals surface area contributed by atoms with Crippen LogP contribution in [0, 0.1) is 11.3 Å². The van der Waals surface area contributed by atoms with E-state index in [9.17, 15) is 0 Å². The topological polar surface area (TPSA) is 76.6 Å². The van der Waals surface area contributed by atoms with E-state index in [2.05, 4.69) is 15.1 Å². The Morgan fingerprint density at radius 1 is 1.15 bits per heavy atom. The van der Waals surface area contributed by atoms with Crippen LogP contribution in [-0.2, 0) is 0 Å². The quantitative estimate of drug-likeness (QED) is 0.724. The molecule has 0 fully saturated rings. The molecule has 3 aromatic rings. The third-order valence-corrected chi connectivity index (χ3v) is 2.56. The average molecular weight is 263 g/mol. The molecule has 0 aliphatic rings. The summed E-state index contributed by atoms with van der Waals surface area (Å²) in [7, 11) is 0.